The number of fused-ring (bicyclic) bond motifs is 1. The zero-order valence-electron chi connectivity index (χ0n) is 8.54. The fourth-order valence-corrected chi connectivity index (χ4v) is 1.81. The Labute approximate surface area is 96.9 Å². The highest BCUT2D eigenvalue weighted by Gasteiger charge is 2.25. The molecule has 6 heteroatoms. The maximum Gasteiger partial charge on any atom is 0.339 e. The second-order valence-corrected chi connectivity index (χ2v) is 3.57. The standard InChI is InChI=1S/C10H10ClNO4/c1-12-6-4-5(10(13)14)8-9(7(6)11)16-3-2-15-8/h4,12H,2-3H2,1H3,(H,13,14). The minimum Gasteiger partial charge on any atom is -0.485 e. The van der Waals surface area contributed by atoms with E-state index in [4.69, 9.17) is 26.2 Å². The molecule has 0 unspecified atom stereocenters. The van der Waals surface area contributed by atoms with Crippen LogP contribution in [0.4, 0.5) is 5.69 Å². The molecule has 0 atom stereocenters. The van der Waals surface area contributed by atoms with Crippen LogP contribution < -0.4 is 14.8 Å². The molecule has 0 saturated heterocycles. The van der Waals surface area contributed by atoms with E-state index in [0.29, 0.717) is 23.9 Å². The second-order valence-electron chi connectivity index (χ2n) is 3.20. The summed E-state index contributed by atoms with van der Waals surface area (Å²) in [6.07, 6.45) is 0. The zero-order valence-corrected chi connectivity index (χ0v) is 9.30. The third kappa shape index (κ3) is 1.63. The Morgan fingerprint density at radius 1 is 1.44 bits per heavy atom. The van der Waals surface area contributed by atoms with Crippen molar-refractivity contribution in [3.05, 3.63) is 16.7 Å². The largest absolute Gasteiger partial charge is 0.485 e. The Morgan fingerprint density at radius 2 is 2.06 bits per heavy atom. The molecular weight excluding hydrogens is 234 g/mol. The number of anilines is 1. The number of nitrogens with one attached hydrogen (secondary N) is 1. The molecule has 2 N–H and O–H groups in total. The van der Waals surface area contributed by atoms with Crippen LogP contribution >= 0.6 is 11.6 Å². The van der Waals surface area contributed by atoms with Crippen molar-refractivity contribution in [2.75, 3.05) is 25.6 Å². The van der Waals surface area contributed by atoms with Crippen molar-refractivity contribution in [3.8, 4) is 11.5 Å². The number of benzene rings is 1. The average Bonchev–Trinajstić information content (AvgIpc) is 2.29. The molecular formula is C10H10ClNO4. The minimum absolute atomic E-state index is 0.0449. The molecule has 0 radical (unpaired) electrons. The van der Waals surface area contributed by atoms with E-state index >= 15 is 0 Å². The molecule has 0 aromatic heterocycles. The van der Waals surface area contributed by atoms with E-state index in [9.17, 15) is 4.79 Å². The van der Waals surface area contributed by atoms with Crippen LogP contribution in [0.1, 0.15) is 10.4 Å². The lowest BCUT2D eigenvalue weighted by Crippen LogP contribution is -2.18. The normalized spacial score (nSPS) is 13.4. The number of rotatable bonds is 2. The van der Waals surface area contributed by atoms with Crippen LogP contribution in [0.5, 0.6) is 11.5 Å². The summed E-state index contributed by atoms with van der Waals surface area (Å²) in [6.45, 7) is 0.682. The fourth-order valence-electron chi connectivity index (χ4n) is 1.52. The van der Waals surface area contributed by atoms with E-state index in [2.05, 4.69) is 5.32 Å². The maximum absolute atomic E-state index is 11.0. The molecule has 2 rings (SSSR count). The van der Waals surface area contributed by atoms with E-state index in [1.165, 1.54) is 6.07 Å². The van der Waals surface area contributed by atoms with E-state index in [1.54, 1.807) is 7.05 Å². The summed E-state index contributed by atoms with van der Waals surface area (Å²) in [4.78, 5) is 11.0. The molecule has 1 aromatic rings. The van der Waals surface area contributed by atoms with Crippen molar-refractivity contribution >= 4 is 23.3 Å². The van der Waals surface area contributed by atoms with Gasteiger partial charge in [-0.05, 0) is 6.07 Å². The fraction of sp³-hybridized carbons (Fsp3) is 0.300. The predicted molar refractivity (Wildman–Crippen MR) is 58.9 cm³/mol. The first-order chi connectivity index (χ1) is 7.65. The first-order valence-corrected chi connectivity index (χ1v) is 5.06. The molecule has 0 fully saturated rings. The maximum atomic E-state index is 11.0. The van der Waals surface area contributed by atoms with E-state index < -0.39 is 5.97 Å². The number of hydrogen-bond donors (Lipinski definition) is 2. The topological polar surface area (TPSA) is 67.8 Å². The van der Waals surface area contributed by atoms with Crippen LogP contribution in [0.15, 0.2) is 6.07 Å². The molecule has 0 bridgehead atoms. The van der Waals surface area contributed by atoms with E-state index in [0.717, 1.165) is 0 Å². The molecule has 0 saturated carbocycles. The number of carboxylic acids is 1. The molecule has 86 valence electrons. The van der Waals surface area contributed by atoms with Crippen LogP contribution in [-0.2, 0) is 0 Å². The Morgan fingerprint density at radius 3 is 2.62 bits per heavy atom. The number of carbonyl (C=O) groups is 1. The highest BCUT2D eigenvalue weighted by molar-refractivity contribution is 6.35. The summed E-state index contributed by atoms with van der Waals surface area (Å²) in [5, 5.41) is 12.2. The van der Waals surface area contributed by atoms with Crippen LogP contribution in [0.2, 0.25) is 5.02 Å². The second kappa shape index (κ2) is 4.09. The van der Waals surface area contributed by atoms with Crippen molar-refractivity contribution in [2.45, 2.75) is 0 Å². The third-order valence-electron chi connectivity index (χ3n) is 2.25. The molecule has 1 aliphatic heterocycles. The molecule has 5 nitrogen and oxygen atoms in total. The van der Waals surface area contributed by atoms with Gasteiger partial charge in [-0.1, -0.05) is 11.6 Å². The quantitative estimate of drug-likeness (QED) is 0.830. The van der Waals surface area contributed by atoms with Gasteiger partial charge >= 0.3 is 5.97 Å². The SMILES string of the molecule is CNc1cc(C(=O)O)c2c(c1Cl)OCCO2. The van der Waals surface area contributed by atoms with Gasteiger partial charge in [0.2, 0.25) is 0 Å². The Balaban J connectivity index is 2.66. The highest BCUT2D eigenvalue weighted by Crippen LogP contribution is 2.44. The molecule has 0 amide bonds. The summed E-state index contributed by atoms with van der Waals surface area (Å²) < 4.78 is 10.6. The molecule has 1 heterocycles. The first-order valence-electron chi connectivity index (χ1n) is 4.68. The van der Waals surface area contributed by atoms with Gasteiger partial charge < -0.3 is 19.9 Å². The van der Waals surface area contributed by atoms with Crippen LogP contribution in [0, 0.1) is 0 Å². The lowest BCUT2D eigenvalue weighted by atomic mass is 10.1. The van der Waals surface area contributed by atoms with Crippen molar-refractivity contribution in [1.29, 1.82) is 0 Å². The van der Waals surface area contributed by atoms with Gasteiger partial charge in [-0.2, -0.15) is 0 Å². The molecule has 1 aromatic carbocycles. The smallest absolute Gasteiger partial charge is 0.339 e. The summed E-state index contributed by atoms with van der Waals surface area (Å²) in [5.74, 6) is -0.588. The molecule has 1 aliphatic rings. The first kappa shape index (κ1) is 10.9. The number of hydrogen-bond acceptors (Lipinski definition) is 4. The van der Waals surface area contributed by atoms with Gasteiger partial charge in [0.05, 0.1) is 5.69 Å². The lowest BCUT2D eigenvalue weighted by molar-refractivity contribution is 0.0686. The summed E-state index contributed by atoms with van der Waals surface area (Å²) in [5.41, 5.74) is 0.548. The highest BCUT2D eigenvalue weighted by atomic mass is 35.5. The van der Waals surface area contributed by atoms with Gasteiger partial charge in [0.1, 0.15) is 23.8 Å². The van der Waals surface area contributed by atoms with Gasteiger partial charge in [-0.25, -0.2) is 4.79 Å². The van der Waals surface area contributed by atoms with E-state index in [-0.39, 0.29) is 17.1 Å². The Bertz CT molecular complexity index is 447. The van der Waals surface area contributed by atoms with Gasteiger partial charge in [-0.3, -0.25) is 0 Å². The van der Waals surface area contributed by atoms with Crippen LogP contribution in [0.3, 0.4) is 0 Å². The van der Waals surface area contributed by atoms with Gasteiger partial charge in [-0.15, -0.1) is 0 Å². The van der Waals surface area contributed by atoms with E-state index in [1.807, 2.05) is 0 Å². The summed E-state index contributed by atoms with van der Waals surface area (Å²) in [6, 6.07) is 1.43. The number of carboxylic acid groups (broad SMARTS) is 1. The van der Waals surface area contributed by atoms with Crippen molar-refractivity contribution < 1.29 is 19.4 Å². The third-order valence-corrected chi connectivity index (χ3v) is 2.63. The average molecular weight is 244 g/mol. The zero-order chi connectivity index (χ0) is 11.7. The minimum atomic E-state index is -1.07. The summed E-state index contributed by atoms with van der Waals surface area (Å²) in [7, 11) is 1.66. The number of ether oxygens (including phenoxy) is 2. The van der Waals surface area contributed by atoms with Crippen molar-refractivity contribution in [1.82, 2.24) is 0 Å². The molecule has 0 aliphatic carbocycles. The van der Waals surface area contributed by atoms with Crippen LogP contribution in [0.25, 0.3) is 0 Å². The monoisotopic (exact) mass is 243 g/mol. The lowest BCUT2D eigenvalue weighted by Gasteiger charge is -2.22. The Hall–Kier alpha value is -1.62. The van der Waals surface area contributed by atoms with Crippen molar-refractivity contribution in [3.63, 3.8) is 0 Å². The Kier molecular flexibility index (Phi) is 2.78. The summed E-state index contributed by atoms with van der Waals surface area (Å²) >= 11 is 6.04. The van der Waals surface area contributed by atoms with Crippen LogP contribution in [-0.4, -0.2) is 31.3 Å². The van der Waals surface area contributed by atoms with Crippen molar-refractivity contribution in [2.24, 2.45) is 0 Å². The van der Waals surface area contributed by atoms with Gasteiger partial charge in [0, 0.05) is 7.05 Å². The van der Waals surface area contributed by atoms with Gasteiger partial charge in [0.15, 0.2) is 11.5 Å². The molecule has 0 spiro atoms. The number of halogens is 1. The van der Waals surface area contributed by atoms with Gasteiger partial charge in [0.25, 0.3) is 0 Å². The number of aromatic carboxylic acids is 1. The predicted octanol–water partition coefficient (Wildman–Crippen LogP) is 1.85. The molecule has 16 heavy (non-hydrogen) atoms.